The molecule has 2 aromatic rings. The molecular weight excluding hydrogens is 297 g/mol. The number of aromatic nitrogens is 1. The first-order valence-corrected chi connectivity index (χ1v) is 7.67. The number of para-hydroxylation sites is 1. The summed E-state index contributed by atoms with van der Waals surface area (Å²) in [5.41, 5.74) is 2.20. The largest absolute Gasteiger partial charge is 0.361 e. The molecule has 0 aliphatic carbocycles. The molecule has 122 valence electrons. The van der Waals surface area contributed by atoms with Crippen molar-refractivity contribution < 1.29 is 13.7 Å². The predicted molar refractivity (Wildman–Crippen MR) is 84.6 cm³/mol. The molecule has 1 aromatic heterocycles. The van der Waals surface area contributed by atoms with Gasteiger partial charge in [-0.3, -0.25) is 9.69 Å². The number of likely N-dealkylation sites (N-methyl/N-ethyl adjacent to an activating group) is 1. The first kappa shape index (κ1) is 15.7. The Morgan fingerprint density at radius 2 is 2.13 bits per heavy atom. The van der Waals surface area contributed by atoms with Crippen LogP contribution in [0.4, 0.5) is 10.1 Å². The molecule has 0 bridgehead atoms. The molecule has 0 N–H and O–H groups in total. The molecule has 5 nitrogen and oxygen atoms in total. The molecule has 1 atom stereocenters. The summed E-state index contributed by atoms with van der Waals surface area (Å²) in [4.78, 5) is 16.2. The summed E-state index contributed by atoms with van der Waals surface area (Å²) >= 11 is 0. The normalized spacial score (nSPS) is 18.2. The molecule has 1 fully saturated rings. The fourth-order valence-electron chi connectivity index (χ4n) is 3.07. The highest BCUT2D eigenvalue weighted by atomic mass is 19.1. The third-order valence-electron chi connectivity index (χ3n) is 4.44. The average Bonchev–Trinajstić information content (AvgIpc) is 3.05. The lowest BCUT2D eigenvalue weighted by atomic mass is 10.1. The summed E-state index contributed by atoms with van der Waals surface area (Å²) in [7, 11) is 1.90. The van der Waals surface area contributed by atoms with Gasteiger partial charge in [0.05, 0.1) is 17.4 Å². The Kier molecular flexibility index (Phi) is 4.17. The van der Waals surface area contributed by atoms with Crippen molar-refractivity contribution in [3.05, 3.63) is 47.1 Å². The summed E-state index contributed by atoms with van der Waals surface area (Å²) in [6, 6.07) is 6.13. The Morgan fingerprint density at radius 3 is 2.78 bits per heavy atom. The van der Waals surface area contributed by atoms with Crippen LogP contribution in [0.1, 0.15) is 23.4 Å². The monoisotopic (exact) mass is 317 g/mol. The molecular formula is C17H20FN3O2. The van der Waals surface area contributed by atoms with Gasteiger partial charge in [-0.15, -0.1) is 0 Å². The maximum absolute atomic E-state index is 13.9. The SMILES string of the molecule is Cc1noc(C)c1CN(C)C1CCN(c2ccccc2F)C1=O. The quantitative estimate of drug-likeness (QED) is 0.870. The molecule has 1 saturated heterocycles. The predicted octanol–water partition coefficient (Wildman–Crippen LogP) is 2.67. The van der Waals surface area contributed by atoms with Crippen molar-refractivity contribution in [3.8, 4) is 0 Å². The van der Waals surface area contributed by atoms with E-state index in [2.05, 4.69) is 5.16 Å². The minimum atomic E-state index is -0.366. The van der Waals surface area contributed by atoms with Gasteiger partial charge in [0.1, 0.15) is 11.6 Å². The fraction of sp³-hybridized carbons (Fsp3) is 0.412. The van der Waals surface area contributed by atoms with Gasteiger partial charge in [-0.2, -0.15) is 0 Å². The third kappa shape index (κ3) is 2.86. The second-order valence-electron chi connectivity index (χ2n) is 5.96. The van der Waals surface area contributed by atoms with E-state index in [9.17, 15) is 9.18 Å². The summed E-state index contributed by atoms with van der Waals surface area (Å²) in [5, 5.41) is 3.94. The zero-order chi connectivity index (χ0) is 16.6. The van der Waals surface area contributed by atoms with E-state index in [1.165, 1.54) is 11.0 Å². The van der Waals surface area contributed by atoms with Gasteiger partial charge in [-0.05, 0) is 39.4 Å². The number of hydrogen-bond donors (Lipinski definition) is 0. The lowest BCUT2D eigenvalue weighted by Gasteiger charge is -2.23. The van der Waals surface area contributed by atoms with Crippen molar-refractivity contribution in [2.45, 2.75) is 32.9 Å². The minimum absolute atomic E-state index is 0.0654. The molecule has 1 aliphatic heterocycles. The molecule has 6 heteroatoms. The van der Waals surface area contributed by atoms with Crippen LogP contribution in [-0.2, 0) is 11.3 Å². The summed E-state index contributed by atoms with van der Waals surface area (Å²) in [6.45, 7) is 4.87. The smallest absolute Gasteiger partial charge is 0.244 e. The van der Waals surface area contributed by atoms with Crippen LogP contribution in [0.3, 0.4) is 0 Å². The Balaban J connectivity index is 1.75. The molecule has 0 saturated carbocycles. The van der Waals surface area contributed by atoms with Crippen molar-refractivity contribution in [2.75, 3.05) is 18.5 Å². The van der Waals surface area contributed by atoms with E-state index in [4.69, 9.17) is 4.52 Å². The van der Waals surface area contributed by atoms with Crippen LogP contribution in [0.25, 0.3) is 0 Å². The van der Waals surface area contributed by atoms with Gasteiger partial charge >= 0.3 is 0 Å². The zero-order valence-electron chi connectivity index (χ0n) is 13.5. The second-order valence-corrected chi connectivity index (χ2v) is 5.96. The van der Waals surface area contributed by atoms with Crippen LogP contribution in [-0.4, -0.2) is 35.6 Å². The molecule has 23 heavy (non-hydrogen) atoms. The average molecular weight is 317 g/mol. The molecule has 1 aromatic carbocycles. The van der Waals surface area contributed by atoms with Crippen LogP contribution in [0, 0.1) is 19.7 Å². The van der Waals surface area contributed by atoms with E-state index >= 15 is 0 Å². The molecule has 0 radical (unpaired) electrons. The molecule has 2 heterocycles. The van der Waals surface area contributed by atoms with Crippen molar-refractivity contribution in [1.29, 1.82) is 0 Å². The number of halogens is 1. The van der Waals surface area contributed by atoms with E-state index in [0.29, 0.717) is 25.2 Å². The maximum Gasteiger partial charge on any atom is 0.244 e. The zero-order valence-corrected chi connectivity index (χ0v) is 13.5. The number of amides is 1. The molecule has 1 unspecified atom stereocenters. The topological polar surface area (TPSA) is 49.6 Å². The lowest BCUT2D eigenvalue weighted by Crippen LogP contribution is -2.39. The van der Waals surface area contributed by atoms with Crippen molar-refractivity contribution in [3.63, 3.8) is 0 Å². The highest BCUT2D eigenvalue weighted by Gasteiger charge is 2.36. The molecule has 1 amide bonds. The van der Waals surface area contributed by atoms with E-state index in [0.717, 1.165) is 17.0 Å². The van der Waals surface area contributed by atoms with Crippen molar-refractivity contribution in [2.24, 2.45) is 0 Å². The summed E-state index contributed by atoms with van der Waals surface area (Å²) in [6.07, 6.45) is 0.674. The Labute approximate surface area is 134 Å². The minimum Gasteiger partial charge on any atom is -0.361 e. The van der Waals surface area contributed by atoms with E-state index in [1.807, 2.05) is 25.8 Å². The summed E-state index contributed by atoms with van der Waals surface area (Å²) in [5.74, 6) is 0.338. The second kappa shape index (κ2) is 6.12. The maximum atomic E-state index is 13.9. The van der Waals surface area contributed by atoms with Gasteiger partial charge in [-0.1, -0.05) is 17.3 Å². The number of carbonyl (C=O) groups excluding carboxylic acids is 1. The Bertz CT molecular complexity index is 709. The highest BCUT2D eigenvalue weighted by Crippen LogP contribution is 2.27. The molecule has 0 spiro atoms. The summed E-state index contributed by atoms with van der Waals surface area (Å²) < 4.78 is 19.1. The first-order valence-electron chi connectivity index (χ1n) is 7.67. The van der Waals surface area contributed by atoms with Gasteiger partial charge in [0.25, 0.3) is 0 Å². The molecule has 1 aliphatic rings. The lowest BCUT2D eigenvalue weighted by molar-refractivity contribution is -0.121. The van der Waals surface area contributed by atoms with Gasteiger partial charge in [0.2, 0.25) is 5.91 Å². The van der Waals surface area contributed by atoms with Crippen molar-refractivity contribution >= 4 is 11.6 Å². The number of anilines is 1. The van der Waals surface area contributed by atoms with Gasteiger partial charge in [-0.25, -0.2) is 4.39 Å². The van der Waals surface area contributed by atoms with Crippen molar-refractivity contribution in [1.82, 2.24) is 10.1 Å². The number of rotatable bonds is 4. The fourth-order valence-corrected chi connectivity index (χ4v) is 3.07. The number of hydrogen-bond acceptors (Lipinski definition) is 4. The van der Waals surface area contributed by atoms with Gasteiger partial charge in [0.15, 0.2) is 0 Å². The standard InChI is InChI=1S/C17H20FN3O2/c1-11-13(12(2)23-19-11)10-20(3)16-8-9-21(17(16)22)15-7-5-4-6-14(15)18/h4-7,16H,8-10H2,1-3H3. The van der Waals surface area contributed by atoms with Gasteiger partial charge < -0.3 is 9.42 Å². The number of benzene rings is 1. The highest BCUT2D eigenvalue weighted by molar-refractivity contribution is 5.99. The van der Waals surface area contributed by atoms with E-state index in [-0.39, 0.29) is 17.8 Å². The van der Waals surface area contributed by atoms with Crippen LogP contribution in [0.2, 0.25) is 0 Å². The van der Waals surface area contributed by atoms with E-state index in [1.54, 1.807) is 18.2 Å². The number of aryl methyl sites for hydroxylation is 2. The van der Waals surface area contributed by atoms with Crippen LogP contribution >= 0.6 is 0 Å². The Hall–Kier alpha value is -2.21. The van der Waals surface area contributed by atoms with Gasteiger partial charge in [0, 0.05) is 18.7 Å². The van der Waals surface area contributed by atoms with Crippen LogP contribution in [0.5, 0.6) is 0 Å². The van der Waals surface area contributed by atoms with Crippen LogP contribution in [0.15, 0.2) is 28.8 Å². The number of nitrogens with zero attached hydrogens (tertiary/aromatic N) is 3. The first-order chi connectivity index (χ1) is 11.0. The third-order valence-corrected chi connectivity index (χ3v) is 4.44. The van der Waals surface area contributed by atoms with E-state index < -0.39 is 0 Å². The van der Waals surface area contributed by atoms with Crippen LogP contribution < -0.4 is 4.90 Å². The molecule has 3 rings (SSSR count). The Morgan fingerprint density at radius 1 is 1.39 bits per heavy atom. The number of carbonyl (C=O) groups is 1.